The Morgan fingerprint density at radius 1 is 1.32 bits per heavy atom. The van der Waals surface area contributed by atoms with Crippen molar-refractivity contribution in [3.05, 3.63) is 35.4 Å². The molecule has 2 fully saturated rings. The highest BCUT2D eigenvalue weighted by atomic mass is 16.5. The number of hydrogen-bond donors (Lipinski definition) is 1. The molecule has 22 heavy (non-hydrogen) atoms. The average Bonchev–Trinajstić information content (AvgIpc) is 3.16. The number of primary amides is 1. The molecule has 3 atom stereocenters. The lowest BCUT2D eigenvalue weighted by Crippen LogP contribution is -2.51. The van der Waals surface area contributed by atoms with Crippen molar-refractivity contribution in [1.29, 1.82) is 0 Å². The molecule has 116 valence electrons. The van der Waals surface area contributed by atoms with Gasteiger partial charge in [0.05, 0.1) is 13.2 Å². The van der Waals surface area contributed by atoms with E-state index < -0.39 is 12.0 Å². The SMILES string of the molecule is NC(=O)C1CN(C(=O)C2CC23CCc2ccccc23)CCO1. The molecule has 2 N–H and O–H groups in total. The van der Waals surface area contributed by atoms with Crippen LogP contribution in [0.3, 0.4) is 0 Å². The molecular weight excluding hydrogens is 280 g/mol. The molecule has 0 radical (unpaired) electrons. The predicted octanol–water partition coefficient (Wildman–Crippen LogP) is 0.603. The van der Waals surface area contributed by atoms with Crippen LogP contribution in [0.5, 0.6) is 0 Å². The van der Waals surface area contributed by atoms with Crippen LogP contribution in [0.25, 0.3) is 0 Å². The second kappa shape index (κ2) is 4.81. The number of carbonyl (C=O) groups is 2. The second-order valence-corrected chi connectivity index (χ2v) is 6.62. The Morgan fingerprint density at radius 3 is 2.95 bits per heavy atom. The molecule has 1 spiro atoms. The van der Waals surface area contributed by atoms with Crippen molar-refractivity contribution in [1.82, 2.24) is 4.90 Å². The number of rotatable bonds is 2. The smallest absolute Gasteiger partial charge is 0.248 e. The fraction of sp³-hybridized carbons (Fsp3) is 0.529. The zero-order chi connectivity index (χ0) is 15.3. The quantitative estimate of drug-likeness (QED) is 0.869. The number of carbonyl (C=O) groups excluding carboxylic acids is 2. The third-order valence-corrected chi connectivity index (χ3v) is 5.46. The Kier molecular flexibility index (Phi) is 3.01. The van der Waals surface area contributed by atoms with Crippen molar-refractivity contribution < 1.29 is 14.3 Å². The molecule has 1 aliphatic heterocycles. The van der Waals surface area contributed by atoms with E-state index in [0.29, 0.717) is 19.7 Å². The van der Waals surface area contributed by atoms with E-state index in [-0.39, 0.29) is 17.2 Å². The number of fused-ring (bicyclic) bond motifs is 2. The number of hydrogen-bond acceptors (Lipinski definition) is 3. The third kappa shape index (κ3) is 1.96. The van der Waals surface area contributed by atoms with Gasteiger partial charge in [-0.25, -0.2) is 0 Å². The summed E-state index contributed by atoms with van der Waals surface area (Å²) in [5, 5.41) is 0. The topological polar surface area (TPSA) is 72.6 Å². The van der Waals surface area contributed by atoms with E-state index in [9.17, 15) is 9.59 Å². The summed E-state index contributed by atoms with van der Waals surface area (Å²) in [7, 11) is 0. The molecule has 0 aromatic heterocycles. The van der Waals surface area contributed by atoms with Crippen LogP contribution < -0.4 is 5.73 Å². The number of nitrogens with two attached hydrogens (primary N) is 1. The van der Waals surface area contributed by atoms with Crippen LogP contribution in [-0.2, 0) is 26.2 Å². The number of benzene rings is 1. The summed E-state index contributed by atoms with van der Waals surface area (Å²) in [6.07, 6.45) is 2.39. The number of nitrogens with zero attached hydrogens (tertiary/aromatic N) is 1. The van der Waals surface area contributed by atoms with Crippen LogP contribution in [0.2, 0.25) is 0 Å². The average molecular weight is 300 g/mol. The summed E-state index contributed by atoms with van der Waals surface area (Å²) in [5.41, 5.74) is 8.09. The number of amides is 2. The summed E-state index contributed by atoms with van der Waals surface area (Å²) >= 11 is 0. The molecule has 5 nitrogen and oxygen atoms in total. The molecule has 2 amide bonds. The van der Waals surface area contributed by atoms with Gasteiger partial charge < -0.3 is 15.4 Å². The lowest BCUT2D eigenvalue weighted by atomic mass is 9.95. The minimum atomic E-state index is -0.664. The highest BCUT2D eigenvalue weighted by Gasteiger charge is 2.62. The second-order valence-electron chi connectivity index (χ2n) is 6.62. The summed E-state index contributed by atoms with van der Waals surface area (Å²) in [6, 6.07) is 8.46. The van der Waals surface area contributed by atoms with Gasteiger partial charge in [-0.3, -0.25) is 9.59 Å². The van der Waals surface area contributed by atoms with E-state index in [2.05, 4.69) is 24.3 Å². The number of aryl methyl sites for hydroxylation is 1. The molecule has 1 aromatic rings. The van der Waals surface area contributed by atoms with Crippen molar-refractivity contribution in [2.45, 2.75) is 30.8 Å². The van der Waals surface area contributed by atoms with Crippen LogP contribution in [-0.4, -0.2) is 42.5 Å². The van der Waals surface area contributed by atoms with Crippen molar-refractivity contribution >= 4 is 11.8 Å². The lowest BCUT2D eigenvalue weighted by molar-refractivity contribution is -0.146. The van der Waals surface area contributed by atoms with Gasteiger partial charge in [-0.15, -0.1) is 0 Å². The fourth-order valence-electron chi connectivity index (χ4n) is 4.16. The highest BCUT2D eigenvalue weighted by molar-refractivity contribution is 5.86. The largest absolute Gasteiger partial charge is 0.367 e. The zero-order valence-electron chi connectivity index (χ0n) is 12.5. The van der Waals surface area contributed by atoms with E-state index in [1.165, 1.54) is 11.1 Å². The van der Waals surface area contributed by atoms with Gasteiger partial charge in [-0.05, 0) is 30.4 Å². The van der Waals surface area contributed by atoms with Gasteiger partial charge >= 0.3 is 0 Å². The number of morpholine rings is 1. The third-order valence-electron chi connectivity index (χ3n) is 5.46. The normalized spacial score (nSPS) is 32.8. The molecule has 1 saturated heterocycles. The predicted molar refractivity (Wildman–Crippen MR) is 80.1 cm³/mol. The summed E-state index contributed by atoms with van der Waals surface area (Å²) < 4.78 is 5.32. The van der Waals surface area contributed by atoms with E-state index in [1.54, 1.807) is 4.90 Å². The van der Waals surface area contributed by atoms with Crippen LogP contribution in [0.1, 0.15) is 24.0 Å². The first-order valence-electron chi connectivity index (χ1n) is 7.90. The maximum absolute atomic E-state index is 12.8. The van der Waals surface area contributed by atoms with Gasteiger partial charge in [0.1, 0.15) is 0 Å². The molecular formula is C17H20N2O3. The Bertz CT molecular complexity index is 645. The first-order valence-corrected chi connectivity index (χ1v) is 7.90. The van der Waals surface area contributed by atoms with Gasteiger partial charge in [0, 0.05) is 17.9 Å². The summed E-state index contributed by atoms with van der Waals surface area (Å²) in [6.45, 7) is 1.23. The molecule has 4 rings (SSSR count). The van der Waals surface area contributed by atoms with Crippen molar-refractivity contribution in [3.8, 4) is 0 Å². The number of ether oxygens (including phenoxy) is 1. The minimum Gasteiger partial charge on any atom is -0.367 e. The van der Waals surface area contributed by atoms with Crippen LogP contribution in [0, 0.1) is 5.92 Å². The van der Waals surface area contributed by atoms with Crippen molar-refractivity contribution in [3.63, 3.8) is 0 Å². The Balaban J connectivity index is 1.51. The molecule has 3 aliphatic rings. The summed E-state index contributed by atoms with van der Waals surface area (Å²) in [5.74, 6) is -0.275. The standard InChI is InChI=1S/C17H20N2O3/c18-15(20)14-10-19(7-8-22-14)16(21)13-9-17(13)6-5-11-3-1-2-4-12(11)17/h1-4,13-14H,5-10H2,(H2,18,20). The zero-order valence-corrected chi connectivity index (χ0v) is 12.5. The molecule has 3 unspecified atom stereocenters. The van der Waals surface area contributed by atoms with E-state index in [1.807, 2.05) is 0 Å². The highest BCUT2D eigenvalue weighted by Crippen LogP contribution is 2.62. The van der Waals surface area contributed by atoms with Gasteiger partial charge in [-0.1, -0.05) is 24.3 Å². The van der Waals surface area contributed by atoms with Gasteiger partial charge in [0.15, 0.2) is 6.10 Å². The lowest BCUT2D eigenvalue weighted by Gasteiger charge is -2.32. The minimum absolute atomic E-state index is 0.0498. The molecule has 5 heteroatoms. The maximum atomic E-state index is 12.8. The monoisotopic (exact) mass is 300 g/mol. The molecule has 0 bridgehead atoms. The maximum Gasteiger partial charge on any atom is 0.248 e. The van der Waals surface area contributed by atoms with Gasteiger partial charge in [0.25, 0.3) is 0 Å². The Labute approximate surface area is 129 Å². The fourth-order valence-corrected chi connectivity index (χ4v) is 4.16. The van der Waals surface area contributed by atoms with Gasteiger partial charge in [0.2, 0.25) is 11.8 Å². The first kappa shape index (κ1) is 13.8. The van der Waals surface area contributed by atoms with E-state index in [0.717, 1.165) is 19.3 Å². The van der Waals surface area contributed by atoms with Crippen LogP contribution in [0.4, 0.5) is 0 Å². The van der Waals surface area contributed by atoms with E-state index >= 15 is 0 Å². The molecule has 1 heterocycles. The summed E-state index contributed by atoms with van der Waals surface area (Å²) in [4.78, 5) is 25.9. The van der Waals surface area contributed by atoms with E-state index in [4.69, 9.17) is 10.5 Å². The van der Waals surface area contributed by atoms with Crippen molar-refractivity contribution in [2.75, 3.05) is 19.7 Å². The Morgan fingerprint density at radius 2 is 2.14 bits per heavy atom. The Hall–Kier alpha value is -1.88. The van der Waals surface area contributed by atoms with Crippen LogP contribution in [0.15, 0.2) is 24.3 Å². The van der Waals surface area contributed by atoms with Crippen molar-refractivity contribution in [2.24, 2.45) is 11.7 Å². The first-order chi connectivity index (χ1) is 10.6. The molecule has 2 aliphatic carbocycles. The van der Waals surface area contributed by atoms with Gasteiger partial charge in [-0.2, -0.15) is 0 Å². The van der Waals surface area contributed by atoms with Crippen LogP contribution >= 0.6 is 0 Å². The molecule has 1 saturated carbocycles. The molecule has 1 aromatic carbocycles.